The molecule has 0 amide bonds. The molecule has 0 atom stereocenters. The molecule has 0 aromatic carbocycles. The van der Waals surface area contributed by atoms with Gasteiger partial charge in [0.2, 0.25) is 5.78 Å². The average molecular weight is 260 g/mol. The van der Waals surface area contributed by atoms with E-state index in [1.165, 1.54) is 44.9 Å². The minimum atomic E-state index is -0.364. The second kappa shape index (κ2) is 14.5. The minimum Gasteiger partial charge on any atom is -0.303 e. The van der Waals surface area contributed by atoms with Crippen molar-refractivity contribution in [2.24, 2.45) is 0 Å². The second-order valence-electron chi connectivity index (χ2n) is 4.57. The van der Waals surface area contributed by atoms with Crippen molar-refractivity contribution >= 4 is 12.1 Å². The molecular weight excluding hydrogens is 236 g/mol. The first-order valence-corrected chi connectivity index (χ1v) is 7.26. The van der Waals surface area contributed by atoms with Crippen LogP contribution in [0.4, 0.5) is 0 Å². The summed E-state index contributed by atoms with van der Waals surface area (Å²) in [6.45, 7) is 2.23. The maximum atomic E-state index is 10.9. The number of unbranched alkanes of at least 4 members (excludes halogenated alkanes) is 8. The van der Waals surface area contributed by atoms with Gasteiger partial charge in [0.15, 0.2) is 0 Å². The molecule has 0 heterocycles. The largest absolute Gasteiger partial charge is 0.303 e. The summed E-state index contributed by atoms with van der Waals surface area (Å²) in [5.41, 5.74) is 0. The zero-order chi connectivity index (χ0) is 14.2. The van der Waals surface area contributed by atoms with Gasteiger partial charge in [-0.1, -0.05) is 57.8 Å². The van der Waals surface area contributed by atoms with Crippen LogP contribution in [0.5, 0.6) is 0 Å². The summed E-state index contributed by atoms with van der Waals surface area (Å²) in [6.07, 6.45) is 11.6. The molecule has 0 aromatic heterocycles. The molecule has 0 fully saturated rings. The molecule has 0 rings (SSSR count). The van der Waals surface area contributed by atoms with Crippen LogP contribution in [0.2, 0.25) is 0 Å². The normalized spacial score (nSPS) is 8.89. The smallest absolute Gasteiger partial charge is 0.213 e. The molecular formula is C17H24O2. The second-order valence-corrected chi connectivity index (χ2v) is 4.57. The molecule has 0 N–H and O–H groups in total. The van der Waals surface area contributed by atoms with E-state index < -0.39 is 0 Å². The first-order chi connectivity index (χ1) is 9.31. The number of hydrogen-bond donors (Lipinski definition) is 0. The van der Waals surface area contributed by atoms with Crippen LogP contribution in [0.25, 0.3) is 0 Å². The van der Waals surface area contributed by atoms with Crippen molar-refractivity contribution in [3.63, 3.8) is 0 Å². The zero-order valence-electron chi connectivity index (χ0n) is 12.0. The molecule has 0 aliphatic carbocycles. The third-order valence-electron chi connectivity index (χ3n) is 2.78. The Bertz CT molecular complexity index is 360. The monoisotopic (exact) mass is 260 g/mol. The van der Waals surface area contributed by atoms with Crippen molar-refractivity contribution in [1.29, 1.82) is 0 Å². The Morgan fingerprint density at radius 2 is 1.58 bits per heavy atom. The number of rotatable bonds is 10. The molecule has 0 radical (unpaired) electrons. The molecule has 0 saturated carbocycles. The maximum absolute atomic E-state index is 10.9. The lowest BCUT2D eigenvalue weighted by atomic mass is 10.1. The maximum Gasteiger partial charge on any atom is 0.213 e. The van der Waals surface area contributed by atoms with Crippen molar-refractivity contribution in [1.82, 2.24) is 0 Å². The van der Waals surface area contributed by atoms with Crippen molar-refractivity contribution in [3.05, 3.63) is 0 Å². The molecule has 0 aliphatic heterocycles. The molecule has 0 saturated heterocycles. The highest BCUT2D eigenvalue weighted by Crippen LogP contribution is 2.08. The number of aldehydes is 1. The lowest BCUT2D eigenvalue weighted by molar-refractivity contribution is -0.118. The van der Waals surface area contributed by atoms with Gasteiger partial charge in [-0.3, -0.25) is 4.79 Å². The van der Waals surface area contributed by atoms with Gasteiger partial charge in [-0.15, -0.1) is 0 Å². The van der Waals surface area contributed by atoms with Crippen LogP contribution in [-0.2, 0) is 9.59 Å². The molecule has 0 unspecified atom stereocenters. The molecule has 2 nitrogen and oxygen atoms in total. The molecule has 0 aliphatic rings. The molecule has 0 spiro atoms. The zero-order valence-corrected chi connectivity index (χ0v) is 12.0. The number of ketones is 1. The van der Waals surface area contributed by atoms with Gasteiger partial charge in [-0.25, -0.2) is 0 Å². The Kier molecular flexibility index (Phi) is 13.3. The van der Waals surface area contributed by atoms with Crippen molar-refractivity contribution in [3.8, 4) is 23.7 Å². The number of carbonyl (C=O) groups is 2. The van der Waals surface area contributed by atoms with E-state index in [1.807, 2.05) is 0 Å². The van der Waals surface area contributed by atoms with E-state index in [9.17, 15) is 9.59 Å². The van der Waals surface area contributed by atoms with E-state index in [0.29, 0.717) is 6.29 Å². The van der Waals surface area contributed by atoms with Gasteiger partial charge in [-0.05, 0) is 24.2 Å². The SMILES string of the molecule is CCCCCCCCCCC#CC#CC(=O)CC=O. The van der Waals surface area contributed by atoms with E-state index >= 15 is 0 Å². The Morgan fingerprint density at radius 1 is 0.947 bits per heavy atom. The van der Waals surface area contributed by atoms with Gasteiger partial charge >= 0.3 is 0 Å². The molecule has 2 heteroatoms. The van der Waals surface area contributed by atoms with Crippen LogP contribution in [0.3, 0.4) is 0 Å². The van der Waals surface area contributed by atoms with E-state index in [0.717, 1.165) is 12.8 Å². The Morgan fingerprint density at radius 3 is 2.21 bits per heavy atom. The third-order valence-corrected chi connectivity index (χ3v) is 2.78. The van der Waals surface area contributed by atoms with Crippen LogP contribution >= 0.6 is 0 Å². The molecule has 19 heavy (non-hydrogen) atoms. The van der Waals surface area contributed by atoms with Crippen LogP contribution < -0.4 is 0 Å². The van der Waals surface area contributed by atoms with Gasteiger partial charge in [0.25, 0.3) is 0 Å². The quantitative estimate of drug-likeness (QED) is 0.197. The summed E-state index contributed by atoms with van der Waals surface area (Å²) in [5, 5.41) is 0. The number of carbonyl (C=O) groups excluding carboxylic acids is 2. The Labute approximate surface area is 117 Å². The fourth-order valence-electron chi connectivity index (χ4n) is 1.68. The van der Waals surface area contributed by atoms with E-state index in [4.69, 9.17) is 0 Å². The number of Topliss-reactive ketones (excluding diaryl/α,β-unsaturated/α-hetero) is 1. The molecule has 0 bridgehead atoms. The highest BCUT2D eigenvalue weighted by molar-refractivity contribution is 6.02. The van der Waals surface area contributed by atoms with Gasteiger partial charge in [0.1, 0.15) is 6.29 Å². The van der Waals surface area contributed by atoms with E-state index in [-0.39, 0.29) is 12.2 Å². The van der Waals surface area contributed by atoms with Gasteiger partial charge in [-0.2, -0.15) is 0 Å². The van der Waals surface area contributed by atoms with Gasteiger partial charge < -0.3 is 4.79 Å². The predicted octanol–water partition coefficient (Wildman–Crippen LogP) is 3.68. The third kappa shape index (κ3) is 14.4. The summed E-state index contributed by atoms with van der Waals surface area (Å²) in [5.74, 6) is 10.0. The van der Waals surface area contributed by atoms with Crippen molar-refractivity contribution in [2.45, 2.75) is 71.1 Å². The Hall–Kier alpha value is -1.54. The highest BCUT2D eigenvalue weighted by Gasteiger charge is 1.91. The Balaban J connectivity index is 3.39. The summed E-state index contributed by atoms with van der Waals surface area (Å²) in [6, 6.07) is 0. The summed E-state index contributed by atoms with van der Waals surface area (Å²) < 4.78 is 0. The first-order valence-electron chi connectivity index (χ1n) is 7.26. The average Bonchev–Trinajstić information content (AvgIpc) is 2.40. The van der Waals surface area contributed by atoms with Crippen LogP contribution in [0, 0.1) is 23.7 Å². The lowest BCUT2D eigenvalue weighted by Crippen LogP contribution is -1.92. The molecule has 0 aromatic rings. The number of hydrogen-bond acceptors (Lipinski definition) is 2. The molecule has 104 valence electrons. The topological polar surface area (TPSA) is 34.1 Å². The van der Waals surface area contributed by atoms with Crippen molar-refractivity contribution < 1.29 is 9.59 Å². The summed E-state index contributed by atoms with van der Waals surface area (Å²) in [4.78, 5) is 20.9. The standard InChI is InChI=1S/C17H24O2/c1-2-3-4-5-6-7-8-9-10-11-12-13-14-17(19)15-16-18/h16H,2-10,15H2,1H3. The minimum absolute atomic E-state index is 0.132. The first kappa shape index (κ1) is 17.5. The fraction of sp³-hybridized carbons (Fsp3) is 0.647. The van der Waals surface area contributed by atoms with E-state index in [2.05, 4.69) is 30.6 Å². The predicted molar refractivity (Wildman–Crippen MR) is 78.5 cm³/mol. The van der Waals surface area contributed by atoms with Crippen LogP contribution in [0.1, 0.15) is 71.1 Å². The van der Waals surface area contributed by atoms with Gasteiger partial charge in [0.05, 0.1) is 6.42 Å². The van der Waals surface area contributed by atoms with Gasteiger partial charge in [0, 0.05) is 6.42 Å². The van der Waals surface area contributed by atoms with Crippen LogP contribution in [-0.4, -0.2) is 12.1 Å². The fourth-order valence-corrected chi connectivity index (χ4v) is 1.68. The lowest BCUT2D eigenvalue weighted by Gasteiger charge is -1.98. The van der Waals surface area contributed by atoms with E-state index in [1.54, 1.807) is 0 Å². The van der Waals surface area contributed by atoms with Crippen molar-refractivity contribution in [2.75, 3.05) is 0 Å². The summed E-state index contributed by atoms with van der Waals surface area (Å²) >= 11 is 0. The summed E-state index contributed by atoms with van der Waals surface area (Å²) in [7, 11) is 0. The van der Waals surface area contributed by atoms with Crippen LogP contribution in [0.15, 0.2) is 0 Å². The highest BCUT2D eigenvalue weighted by atomic mass is 16.1.